The Morgan fingerprint density at radius 3 is 1.00 bits per heavy atom. The van der Waals surface area contributed by atoms with Crippen LogP contribution in [-0.2, 0) is 36.8 Å². The maximum atomic E-state index is 11.5. The summed E-state index contributed by atoms with van der Waals surface area (Å²) < 4.78 is 0. The number of hydrogen-bond donors (Lipinski definition) is 5. The van der Waals surface area contributed by atoms with E-state index in [-0.39, 0.29) is 24.7 Å². The van der Waals surface area contributed by atoms with Crippen molar-refractivity contribution in [3.63, 3.8) is 0 Å². The normalized spacial score (nSPS) is 11.7. The molecule has 0 aliphatic heterocycles. The number of carboxylic acids is 5. The maximum absolute atomic E-state index is 11.5. The fourth-order valence-corrected chi connectivity index (χ4v) is 17.2. The molecular weight excluding hydrogens is 1690 g/mol. The van der Waals surface area contributed by atoms with Crippen LogP contribution in [0, 0.1) is 68.0 Å². The van der Waals surface area contributed by atoms with E-state index < -0.39 is 41.2 Å². The number of carboxylic acid groups (broad SMARTS) is 5. The van der Waals surface area contributed by atoms with E-state index in [0.29, 0.717) is 40.7 Å². The summed E-state index contributed by atoms with van der Waals surface area (Å²) in [6.45, 7) is 9.03. The molecule has 0 saturated carbocycles. The summed E-state index contributed by atoms with van der Waals surface area (Å²) >= 11 is 0. The SMILES string of the molecule is CC(C)(Cc1ccc2cncc(-c3ccc(C#N)c4ccccc34)c2c1)C(=O)O.CC(CC(=O)O)c1ccc2cncc(-c3ccc(C#N)c4ccccc34)c2c1.CC(CC(=O)O)c1ccc2cncc(-c3ccc(C#N)cc3)c2c1.CC(Cc1ccc2cncc(-c3ccc(C#N)c4ccccc34)c2c1)C(=O)O.N#Cc1ccc(-c2cncc3ccc(/C=C/C(=O)O)cc23)c2ccccc12. The molecule has 19 rings (SSSR count). The minimum atomic E-state index is -0.983. The molecule has 3 atom stereocenters. The zero-order valence-corrected chi connectivity index (χ0v) is 74.6. The molecule has 0 radical (unpaired) electrons. The number of benzene rings is 14. The Bertz CT molecular complexity index is 8240. The number of pyridine rings is 5. The van der Waals surface area contributed by atoms with Gasteiger partial charge >= 0.3 is 29.8 Å². The molecule has 5 heterocycles. The summed E-state index contributed by atoms with van der Waals surface area (Å²) in [5, 5.41) is 110. The summed E-state index contributed by atoms with van der Waals surface area (Å²) in [7, 11) is 0. The number of carbonyl (C=O) groups is 5. The zero-order chi connectivity index (χ0) is 95.8. The van der Waals surface area contributed by atoms with E-state index in [9.17, 15) is 55.2 Å². The lowest BCUT2D eigenvalue weighted by atomic mass is 9.85. The monoisotopic (exact) mass is 1780 g/mol. The first-order chi connectivity index (χ1) is 65.8. The first-order valence-electron chi connectivity index (χ1n) is 43.7. The third kappa shape index (κ3) is 20.5. The lowest BCUT2D eigenvalue weighted by Gasteiger charge is -2.19. The molecule has 660 valence electrons. The average molecular weight is 1780 g/mol. The topological polar surface area (TPSA) is 370 Å². The van der Waals surface area contributed by atoms with Crippen molar-refractivity contribution >= 4 is 133 Å². The van der Waals surface area contributed by atoms with Crippen LogP contribution >= 0.6 is 0 Å². The summed E-state index contributed by atoms with van der Waals surface area (Å²) in [4.78, 5) is 77.5. The second-order valence-corrected chi connectivity index (χ2v) is 33.9. The van der Waals surface area contributed by atoms with Gasteiger partial charge in [0.1, 0.15) is 0 Å². The highest BCUT2D eigenvalue weighted by molar-refractivity contribution is 6.11. The van der Waals surface area contributed by atoms with Crippen molar-refractivity contribution in [3.05, 3.63) is 385 Å². The molecule has 20 heteroatoms. The highest BCUT2D eigenvalue weighted by Crippen LogP contribution is 2.42. The van der Waals surface area contributed by atoms with E-state index in [2.05, 4.69) is 73.5 Å². The van der Waals surface area contributed by atoms with Gasteiger partial charge in [0.15, 0.2) is 0 Å². The average Bonchev–Trinajstić information content (AvgIpc) is 0.775. The molecule has 0 amide bonds. The Labute approximate surface area is 782 Å². The predicted molar refractivity (Wildman–Crippen MR) is 533 cm³/mol. The number of hydrogen-bond acceptors (Lipinski definition) is 15. The largest absolute Gasteiger partial charge is 0.481 e. The number of fused-ring (bicyclic) bond motifs is 9. The van der Waals surface area contributed by atoms with Gasteiger partial charge in [0.2, 0.25) is 0 Å². The third-order valence-corrected chi connectivity index (χ3v) is 24.4. The highest BCUT2D eigenvalue weighted by Gasteiger charge is 2.28. The number of nitrogens with zero attached hydrogens (tertiary/aromatic N) is 10. The van der Waals surface area contributed by atoms with Gasteiger partial charge < -0.3 is 25.5 Å². The molecular formula is C116H86N10O10. The van der Waals surface area contributed by atoms with Crippen molar-refractivity contribution in [3.8, 4) is 86.0 Å². The molecule has 20 nitrogen and oxygen atoms in total. The number of nitriles is 5. The quantitative estimate of drug-likeness (QED) is 0.0469. The second kappa shape index (κ2) is 41.2. The Hall–Kier alpha value is -18.3. The van der Waals surface area contributed by atoms with Gasteiger partial charge in [-0.05, 0) is 191 Å². The van der Waals surface area contributed by atoms with Gasteiger partial charge in [0, 0.05) is 144 Å². The fraction of sp³-hybridized carbons (Fsp3) is 0.112. The highest BCUT2D eigenvalue weighted by atomic mass is 16.4. The molecule has 0 fully saturated rings. The predicted octanol–water partition coefficient (Wildman–Crippen LogP) is 25.7. The van der Waals surface area contributed by atoms with E-state index in [0.717, 1.165) is 186 Å². The molecule has 19 aromatic rings. The van der Waals surface area contributed by atoms with Gasteiger partial charge in [0.05, 0.1) is 82.3 Å². The molecule has 5 N–H and O–H groups in total. The Kier molecular flexibility index (Phi) is 28.0. The van der Waals surface area contributed by atoms with Crippen LogP contribution in [0.25, 0.3) is 159 Å². The Morgan fingerprint density at radius 2 is 0.654 bits per heavy atom. The Morgan fingerprint density at radius 1 is 0.331 bits per heavy atom. The van der Waals surface area contributed by atoms with Crippen molar-refractivity contribution in [2.75, 3.05) is 0 Å². The van der Waals surface area contributed by atoms with Crippen LogP contribution in [0.15, 0.2) is 329 Å². The summed E-state index contributed by atoms with van der Waals surface area (Å²) in [5.41, 5.74) is 16.9. The van der Waals surface area contributed by atoms with Crippen LogP contribution < -0.4 is 0 Å². The van der Waals surface area contributed by atoms with Gasteiger partial charge in [-0.1, -0.05) is 239 Å². The first-order valence-corrected chi connectivity index (χ1v) is 43.7. The standard InChI is InChI=1S/C25H20N2O2.2C24H18N2O2.C23H14N2O2.C20H16N2O2/c1-25(2,24(28)29)12-16-7-8-18-14-27-15-23(22(18)11-16)21-10-9-17(13-26)19-5-3-4-6-20(19)21;1-15(10-24(27)28)16-6-7-18-13-26-14-23(22(18)11-16)21-9-8-17(12-25)19-4-2-3-5-20(19)21;1-15(24(27)28)10-16-6-7-18-13-26-14-23(22(18)11-16)21-9-8-17(12-25)19-4-2-3-5-20(19)21;24-12-16-8-9-20(19-4-2-1-3-18(16)19)22-14-25-13-17-7-5-15(11-21(17)22)6-10-23(26)27;1-13(8-20(23)24)16-6-7-17-11-22-12-19(18(17)9-16)15-4-2-14(10-21)3-5-15/h3-11,14-15H,12H2,1-2H3,(H,28,29);2*2-9,11,13-15H,10H2,1H3,(H,27,28);1-11,13-14H,(H,26,27);2-7,9,11-13H,8H2,1H3,(H,23,24)/b;;;10-6+;. The van der Waals surface area contributed by atoms with Crippen LogP contribution in [0.4, 0.5) is 0 Å². The molecule has 0 aliphatic carbocycles. The van der Waals surface area contributed by atoms with Crippen LogP contribution in [0.3, 0.4) is 0 Å². The van der Waals surface area contributed by atoms with Gasteiger partial charge in [-0.3, -0.25) is 44.1 Å². The van der Waals surface area contributed by atoms with E-state index in [1.807, 2.05) is 282 Å². The fourth-order valence-electron chi connectivity index (χ4n) is 17.2. The molecule has 0 aliphatic rings. The van der Waals surface area contributed by atoms with Crippen LogP contribution in [0.1, 0.15) is 115 Å². The van der Waals surface area contributed by atoms with Crippen LogP contribution in [-0.4, -0.2) is 80.3 Å². The van der Waals surface area contributed by atoms with Gasteiger partial charge in [-0.15, -0.1) is 0 Å². The molecule has 136 heavy (non-hydrogen) atoms. The van der Waals surface area contributed by atoms with Crippen LogP contribution in [0.5, 0.6) is 0 Å². The minimum absolute atomic E-state index is 0.0612. The summed E-state index contributed by atoms with van der Waals surface area (Å²) in [5.74, 6) is -4.79. The van der Waals surface area contributed by atoms with E-state index in [1.54, 1.807) is 63.8 Å². The van der Waals surface area contributed by atoms with E-state index in [1.165, 1.54) is 0 Å². The first kappa shape index (κ1) is 92.4. The lowest BCUT2D eigenvalue weighted by molar-refractivity contribution is -0.147. The Balaban J connectivity index is 0.000000129. The van der Waals surface area contributed by atoms with Gasteiger partial charge in [-0.2, -0.15) is 26.3 Å². The molecule has 0 bridgehead atoms. The van der Waals surface area contributed by atoms with E-state index in [4.69, 9.17) is 20.6 Å². The molecule has 5 aromatic heterocycles. The molecule has 14 aromatic carbocycles. The van der Waals surface area contributed by atoms with Crippen molar-refractivity contribution < 1.29 is 49.5 Å². The van der Waals surface area contributed by atoms with E-state index >= 15 is 0 Å². The number of aromatic nitrogens is 5. The van der Waals surface area contributed by atoms with Gasteiger partial charge in [-0.25, -0.2) is 4.79 Å². The van der Waals surface area contributed by atoms with Crippen molar-refractivity contribution in [1.29, 1.82) is 26.3 Å². The zero-order valence-electron chi connectivity index (χ0n) is 74.6. The third-order valence-electron chi connectivity index (χ3n) is 24.4. The smallest absolute Gasteiger partial charge is 0.328 e. The number of aliphatic carboxylic acids is 5. The molecule has 0 spiro atoms. The molecule has 0 saturated heterocycles. The minimum Gasteiger partial charge on any atom is -0.481 e. The maximum Gasteiger partial charge on any atom is 0.328 e. The number of rotatable bonds is 19. The van der Waals surface area contributed by atoms with Crippen molar-refractivity contribution in [2.45, 2.75) is 72.1 Å². The van der Waals surface area contributed by atoms with Gasteiger partial charge in [0.25, 0.3) is 0 Å². The summed E-state index contributed by atoms with van der Waals surface area (Å²) in [6.07, 6.45) is 21.9. The lowest BCUT2D eigenvalue weighted by Crippen LogP contribution is -2.26. The van der Waals surface area contributed by atoms with Crippen molar-refractivity contribution in [1.82, 2.24) is 24.9 Å². The molecule has 3 unspecified atom stereocenters. The van der Waals surface area contributed by atoms with Crippen molar-refractivity contribution in [2.24, 2.45) is 11.3 Å². The summed E-state index contributed by atoms with van der Waals surface area (Å²) in [6, 6.07) is 94.9. The second-order valence-electron chi connectivity index (χ2n) is 33.9. The van der Waals surface area contributed by atoms with Crippen LogP contribution in [0.2, 0.25) is 0 Å².